The van der Waals surface area contributed by atoms with Crippen molar-refractivity contribution >= 4 is 0 Å². The highest BCUT2D eigenvalue weighted by atomic mass is 19.4. The van der Waals surface area contributed by atoms with E-state index in [9.17, 15) is 13.2 Å². The van der Waals surface area contributed by atoms with Gasteiger partial charge in [-0.3, -0.25) is 4.98 Å². The molecule has 4 nitrogen and oxygen atoms in total. The van der Waals surface area contributed by atoms with E-state index in [0.29, 0.717) is 17.1 Å². The molecule has 0 aliphatic rings. The number of hydrogen-bond acceptors (Lipinski definition) is 4. The first-order valence-electron chi connectivity index (χ1n) is 5.55. The Bertz CT molecular complexity index is 570. The van der Waals surface area contributed by atoms with Gasteiger partial charge in [0.2, 0.25) is 0 Å². The molecular formula is C13H10F3NO3. The third-order valence-electron chi connectivity index (χ3n) is 2.33. The van der Waals surface area contributed by atoms with Gasteiger partial charge in [-0.1, -0.05) is 0 Å². The fourth-order valence-electron chi connectivity index (χ4n) is 1.47. The molecule has 0 fully saturated rings. The fourth-order valence-corrected chi connectivity index (χ4v) is 1.47. The molecule has 2 rings (SSSR count). The van der Waals surface area contributed by atoms with E-state index in [-0.39, 0.29) is 12.4 Å². The second-order valence-electron chi connectivity index (χ2n) is 3.76. The molecule has 20 heavy (non-hydrogen) atoms. The van der Waals surface area contributed by atoms with Crippen molar-refractivity contribution in [2.75, 3.05) is 0 Å². The first-order chi connectivity index (χ1) is 9.48. The van der Waals surface area contributed by atoms with E-state index >= 15 is 0 Å². The molecule has 0 radical (unpaired) electrons. The van der Waals surface area contributed by atoms with Crippen LogP contribution in [0, 0.1) is 0 Å². The van der Waals surface area contributed by atoms with Gasteiger partial charge in [0.05, 0.1) is 12.8 Å². The number of halogens is 3. The zero-order chi connectivity index (χ0) is 14.6. The van der Waals surface area contributed by atoms with Crippen LogP contribution >= 0.6 is 0 Å². The zero-order valence-electron chi connectivity index (χ0n) is 10.1. The highest BCUT2D eigenvalue weighted by Gasteiger charge is 2.30. The normalized spacial score (nSPS) is 11.2. The summed E-state index contributed by atoms with van der Waals surface area (Å²) >= 11 is 0. The number of aliphatic hydroxyl groups excluding tert-OH is 1. The average molecular weight is 285 g/mol. The molecule has 0 atom stereocenters. The first-order valence-corrected chi connectivity index (χ1v) is 5.55. The second kappa shape index (κ2) is 5.79. The van der Waals surface area contributed by atoms with E-state index in [1.807, 2.05) is 0 Å². The molecule has 1 N–H and O–H groups in total. The summed E-state index contributed by atoms with van der Waals surface area (Å²) in [5.74, 6) is 0.306. The van der Waals surface area contributed by atoms with Crippen LogP contribution in [-0.2, 0) is 6.61 Å². The number of hydrogen-bond donors (Lipinski definition) is 1. The van der Waals surface area contributed by atoms with Crippen LogP contribution in [0.2, 0.25) is 0 Å². The molecule has 7 heteroatoms. The van der Waals surface area contributed by atoms with Crippen LogP contribution in [0.15, 0.2) is 42.7 Å². The summed E-state index contributed by atoms with van der Waals surface area (Å²) in [6.45, 7) is -0.229. The summed E-state index contributed by atoms with van der Waals surface area (Å²) in [6, 6.07) is 6.51. The van der Waals surface area contributed by atoms with Crippen molar-refractivity contribution in [3.63, 3.8) is 0 Å². The van der Waals surface area contributed by atoms with E-state index in [1.165, 1.54) is 24.5 Å². The Labute approximate surface area is 112 Å². The van der Waals surface area contributed by atoms with Crippen LogP contribution in [0.5, 0.6) is 17.2 Å². The molecule has 0 amide bonds. The minimum absolute atomic E-state index is 0.229. The minimum Gasteiger partial charge on any atom is -0.455 e. The molecule has 1 aromatic carbocycles. The summed E-state index contributed by atoms with van der Waals surface area (Å²) in [5, 5.41) is 9.12. The third kappa shape index (κ3) is 3.86. The van der Waals surface area contributed by atoms with Crippen molar-refractivity contribution in [3.8, 4) is 17.2 Å². The molecular weight excluding hydrogens is 275 g/mol. The van der Waals surface area contributed by atoms with Gasteiger partial charge in [0.25, 0.3) is 0 Å². The Balaban J connectivity index is 2.11. The van der Waals surface area contributed by atoms with Gasteiger partial charge >= 0.3 is 6.36 Å². The molecule has 0 saturated heterocycles. The van der Waals surface area contributed by atoms with E-state index in [4.69, 9.17) is 9.84 Å². The van der Waals surface area contributed by atoms with Crippen molar-refractivity contribution in [1.29, 1.82) is 0 Å². The number of rotatable bonds is 4. The number of ether oxygens (including phenoxy) is 2. The Morgan fingerprint density at radius 3 is 2.30 bits per heavy atom. The maximum atomic E-state index is 12.0. The largest absolute Gasteiger partial charge is 0.573 e. The van der Waals surface area contributed by atoms with E-state index in [1.54, 1.807) is 6.07 Å². The van der Waals surface area contributed by atoms with Crippen molar-refractivity contribution in [3.05, 3.63) is 48.3 Å². The molecule has 0 bridgehead atoms. The summed E-state index contributed by atoms with van der Waals surface area (Å²) in [5.41, 5.74) is 0.524. The van der Waals surface area contributed by atoms with Crippen LogP contribution in [-0.4, -0.2) is 16.5 Å². The van der Waals surface area contributed by atoms with Gasteiger partial charge < -0.3 is 14.6 Å². The standard InChI is InChI=1S/C13H10F3NO3/c14-13(15,16)20-11-3-1-10(2-4-11)19-12-7-17-6-5-9(12)8-18/h1-7,18H,8H2. The van der Waals surface area contributed by atoms with E-state index < -0.39 is 6.36 Å². The first kappa shape index (κ1) is 14.1. The van der Waals surface area contributed by atoms with Crippen LogP contribution in [0.1, 0.15) is 5.56 Å². The maximum absolute atomic E-state index is 12.0. The van der Waals surface area contributed by atoms with E-state index in [2.05, 4.69) is 9.72 Å². The fraction of sp³-hybridized carbons (Fsp3) is 0.154. The quantitative estimate of drug-likeness (QED) is 0.936. The SMILES string of the molecule is OCc1ccncc1Oc1ccc(OC(F)(F)F)cc1. The minimum atomic E-state index is -4.73. The Hall–Kier alpha value is -2.28. The Morgan fingerprint density at radius 1 is 1.05 bits per heavy atom. The lowest BCUT2D eigenvalue weighted by Crippen LogP contribution is -2.16. The average Bonchev–Trinajstić information content (AvgIpc) is 2.40. The number of alkyl halides is 3. The Kier molecular flexibility index (Phi) is 4.09. The lowest BCUT2D eigenvalue weighted by molar-refractivity contribution is -0.274. The summed E-state index contributed by atoms with van der Waals surface area (Å²) in [6.07, 6.45) is -1.82. The third-order valence-corrected chi connectivity index (χ3v) is 2.33. The van der Waals surface area contributed by atoms with Crippen LogP contribution in [0.4, 0.5) is 13.2 Å². The smallest absolute Gasteiger partial charge is 0.455 e. The van der Waals surface area contributed by atoms with Gasteiger partial charge in [0.15, 0.2) is 5.75 Å². The van der Waals surface area contributed by atoms with Gasteiger partial charge in [-0.05, 0) is 30.3 Å². The molecule has 1 heterocycles. The molecule has 0 saturated carbocycles. The predicted molar refractivity (Wildman–Crippen MR) is 63.4 cm³/mol. The summed E-state index contributed by atoms with van der Waals surface area (Å²) in [7, 11) is 0. The molecule has 2 aromatic rings. The molecule has 106 valence electrons. The van der Waals surface area contributed by atoms with Gasteiger partial charge in [0.1, 0.15) is 11.5 Å². The van der Waals surface area contributed by atoms with Crippen molar-refractivity contribution in [2.24, 2.45) is 0 Å². The number of benzene rings is 1. The van der Waals surface area contributed by atoms with Gasteiger partial charge in [-0.25, -0.2) is 0 Å². The topological polar surface area (TPSA) is 51.6 Å². The van der Waals surface area contributed by atoms with Crippen molar-refractivity contribution in [2.45, 2.75) is 13.0 Å². The Morgan fingerprint density at radius 2 is 1.70 bits per heavy atom. The number of aliphatic hydroxyl groups is 1. The van der Waals surface area contributed by atoms with Crippen LogP contribution < -0.4 is 9.47 Å². The monoisotopic (exact) mass is 285 g/mol. The highest BCUT2D eigenvalue weighted by Crippen LogP contribution is 2.28. The number of aromatic nitrogens is 1. The van der Waals surface area contributed by atoms with Crippen molar-refractivity contribution < 1.29 is 27.8 Å². The van der Waals surface area contributed by atoms with Gasteiger partial charge in [-0.2, -0.15) is 0 Å². The maximum Gasteiger partial charge on any atom is 0.573 e. The molecule has 1 aromatic heterocycles. The predicted octanol–water partition coefficient (Wildman–Crippen LogP) is 3.26. The molecule has 0 aliphatic carbocycles. The lowest BCUT2D eigenvalue weighted by atomic mass is 10.2. The second-order valence-corrected chi connectivity index (χ2v) is 3.76. The van der Waals surface area contributed by atoms with Crippen LogP contribution in [0.25, 0.3) is 0 Å². The van der Waals surface area contributed by atoms with Crippen molar-refractivity contribution in [1.82, 2.24) is 4.98 Å². The lowest BCUT2D eigenvalue weighted by Gasteiger charge is -2.11. The number of pyridine rings is 1. The summed E-state index contributed by atoms with van der Waals surface area (Å²) < 4.78 is 45.2. The van der Waals surface area contributed by atoms with Gasteiger partial charge in [0, 0.05) is 11.8 Å². The molecule has 0 spiro atoms. The highest BCUT2D eigenvalue weighted by molar-refractivity contribution is 5.37. The van der Waals surface area contributed by atoms with Crippen LogP contribution in [0.3, 0.4) is 0 Å². The number of nitrogens with zero attached hydrogens (tertiary/aromatic N) is 1. The molecule has 0 unspecified atom stereocenters. The molecule has 0 aliphatic heterocycles. The van der Waals surface area contributed by atoms with E-state index in [0.717, 1.165) is 12.1 Å². The summed E-state index contributed by atoms with van der Waals surface area (Å²) in [4.78, 5) is 3.85. The zero-order valence-corrected chi connectivity index (χ0v) is 10.1. The van der Waals surface area contributed by atoms with Gasteiger partial charge in [-0.15, -0.1) is 13.2 Å².